The van der Waals surface area contributed by atoms with E-state index < -0.39 is 0 Å². The van der Waals surface area contributed by atoms with Crippen LogP contribution >= 0.6 is 0 Å². The third kappa shape index (κ3) is 5.59. The van der Waals surface area contributed by atoms with Gasteiger partial charge in [0.2, 0.25) is 0 Å². The van der Waals surface area contributed by atoms with Gasteiger partial charge in [0.25, 0.3) is 5.91 Å². The minimum absolute atomic E-state index is 0.0324. The van der Waals surface area contributed by atoms with Gasteiger partial charge >= 0.3 is 0 Å². The second-order valence-corrected chi connectivity index (χ2v) is 9.75. The number of hydrogen-bond acceptors (Lipinski definition) is 5. The van der Waals surface area contributed by atoms with Crippen molar-refractivity contribution >= 4 is 5.91 Å². The van der Waals surface area contributed by atoms with Gasteiger partial charge in [0, 0.05) is 36.7 Å². The number of piperidine rings is 1. The molecule has 3 atom stereocenters. The zero-order valence-electron chi connectivity index (χ0n) is 20.1. The summed E-state index contributed by atoms with van der Waals surface area (Å²) in [5.41, 5.74) is 9.39. The Hall–Kier alpha value is -2.48. The summed E-state index contributed by atoms with van der Waals surface area (Å²) in [5, 5.41) is 13.6. The molecule has 0 aliphatic carbocycles. The number of fused-ring (bicyclic) bond motifs is 1. The fourth-order valence-electron chi connectivity index (χ4n) is 5.18. The third-order valence-electron chi connectivity index (χ3n) is 7.35. The smallest absolute Gasteiger partial charge is 0.251 e. The van der Waals surface area contributed by atoms with Crippen molar-refractivity contribution in [1.82, 2.24) is 10.2 Å². The summed E-state index contributed by atoms with van der Waals surface area (Å²) < 4.78 is 19.5. The number of hydrogen-bond donors (Lipinski definition) is 3. The molecule has 6 nitrogen and oxygen atoms in total. The van der Waals surface area contributed by atoms with Gasteiger partial charge in [-0.3, -0.25) is 4.79 Å². The van der Waals surface area contributed by atoms with E-state index >= 15 is 0 Å². The normalized spacial score (nSPS) is 22.2. The number of halogens is 1. The lowest BCUT2D eigenvalue weighted by Crippen LogP contribution is -2.43. The van der Waals surface area contributed by atoms with E-state index in [4.69, 9.17) is 10.5 Å². The molecular weight excluding hydrogens is 433 g/mol. The predicted octanol–water partition coefficient (Wildman–Crippen LogP) is 3.70. The number of ether oxygens (including phenoxy) is 1. The molecule has 2 aliphatic rings. The van der Waals surface area contributed by atoms with Gasteiger partial charge in [-0.05, 0) is 87.5 Å². The highest BCUT2D eigenvalue weighted by Gasteiger charge is 2.35. The molecule has 4 rings (SSSR count). The Bertz CT molecular complexity index is 989. The number of phenols is 1. The van der Waals surface area contributed by atoms with Crippen LogP contribution in [0.2, 0.25) is 0 Å². The van der Waals surface area contributed by atoms with E-state index in [0.29, 0.717) is 23.8 Å². The second kappa shape index (κ2) is 10.8. The molecule has 7 heteroatoms. The van der Waals surface area contributed by atoms with Crippen molar-refractivity contribution in [2.24, 2.45) is 11.7 Å². The number of rotatable bonds is 7. The van der Waals surface area contributed by atoms with E-state index in [0.717, 1.165) is 62.0 Å². The van der Waals surface area contributed by atoms with E-state index in [-0.39, 0.29) is 30.0 Å². The number of amides is 1. The number of carbonyl (C=O) groups is 1. The number of aryl methyl sites for hydroxylation is 1. The van der Waals surface area contributed by atoms with Crippen LogP contribution in [-0.2, 0) is 11.2 Å². The van der Waals surface area contributed by atoms with Gasteiger partial charge in [-0.2, -0.15) is 0 Å². The van der Waals surface area contributed by atoms with E-state index in [2.05, 4.69) is 10.2 Å². The highest BCUT2D eigenvalue weighted by Crippen LogP contribution is 2.40. The topological polar surface area (TPSA) is 87.8 Å². The first-order chi connectivity index (χ1) is 16.4. The summed E-state index contributed by atoms with van der Waals surface area (Å²) in [4.78, 5) is 14.8. The average molecular weight is 470 g/mol. The van der Waals surface area contributed by atoms with Crippen LogP contribution in [0.4, 0.5) is 4.39 Å². The van der Waals surface area contributed by atoms with Crippen molar-refractivity contribution < 1.29 is 19.0 Å². The van der Waals surface area contributed by atoms with Crippen LogP contribution in [0.25, 0.3) is 0 Å². The van der Waals surface area contributed by atoms with Crippen molar-refractivity contribution in [3.05, 3.63) is 64.5 Å². The lowest BCUT2D eigenvalue weighted by molar-refractivity contribution is -0.0647. The van der Waals surface area contributed by atoms with Gasteiger partial charge in [0.15, 0.2) is 0 Å². The molecular formula is C27H36FN3O3. The Morgan fingerprint density at radius 3 is 2.62 bits per heavy atom. The van der Waals surface area contributed by atoms with Crippen LogP contribution in [0.5, 0.6) is 5.75 Å². The molecule has 1 amide bonds. The number of nitrogens with zero attached hydrogens (tertiary/aromatic N) is 1. The van der Waals surface area contributed by atoms with Crippen molar-refractivity contribution in [3.63, 3.8) is 0 Å². The highest BCUT2D eigenvalue weighted by atomic mass is 19.1. The number of nitrogens with one attached hydrogen (secondary N) is 1. The fraction of sp³-hybridized carbons (Fsp3) is 0.519. The van der Waals surface area contributed by atoms with Gasteiger partial charge in [-0.25, -0.2) is 4.39 Å². The summed E-state index contributed by atoms with van der Waals surface area (Å²) in [7, 11) is 0. The van der Waals surface area contributed by atoms with Gasteiger partial charge in [-0.1, -0.05) is 12.1 Å². The monoisotopic (exact) mass is 469 g/mol. The van der Waals surface area contributed by atoms with Crippen molar-refractivity contribution in [2.45, 2.75) is 57.8 Å². The van der Waals surface area contributed by atoms with E-state index in [1.807, 2.05) is 26.0 Å². The lowest BCUT2D eigenvalue weighted by atomic mass is 9.83. The summed E-state index contributed by atoms with van der Waals surface area (Å²) in [6.45, 7) is 7.23. The minimum Gasteiger partial charge on any atom is -0.507 e. The SMILES string of the molecule is Cc1ccc2c(c1O)C[C@@H](C1CCN(CCC(C)NC(=O)c3ccc(F)cc3)CC1)O[C@H]2CN. The van der Waals surface area contributed by atoms with Crippen molar-refractivity contribution in [2.75, 3.05) is 26.2 Å². The number of nitrogens with two attached hydrogens (primary N) is 1. The van der Waals surface area contributed by atoms with Crippen LogP contribution in [-0.4, -0.2) is 54.2 Å². The number of carbonyl (C=O) groups excluding carboxylic acids is 1. The largest absolute Gasteiger partial charge is 0.507 e. The van der Waals surface area contributed by atoms with Crippen LogP contribution < -0.4 is 11.1 Å². The van der Waals surface area contributed by atoms with Crippen molar-refractivity contribution in [1.29, 1.82) is 0 Å². The average Bonchev–Trinajstić information content (AvgIpc) is 2.85. The molecule has 4 N–H and O–H groups in total. The Morgan fingerprint density at radius 2 is 1.94 bits per heavy atom. The first-order valence-electron chi connectivity index (χ1n) is 12.3. The molecule has 2 heterocycles. The van der Waals surface area contributed by atoms with Crippen LogP contribution in [0.3, 0.4) is 0 Å². The summed E-state index contributed by atoms with van der Waals surface area (Å²) in [6, 6.07) is 9.62. The van der Waals surface area contributed by atoms with Crippen LogP contribution in [0.15, 0.2) is 36.4 Å². The number of likely N-dealkylation sites (tertiary alicyclic amines) is 1. The molecule has 2 aliphatic heterocycles. The zero-order chi connectivity index (χ0) is 24.2. The molecule has 2 aromatic carbocycles. The molecule has 0 radical (unpaired) electrons. The molecule has 184 valence electrons. The van der Waals surface area contributed by atoms with Crippen LogP contribution in [0.1, 0.15) is 59.3 Å². The van der Waals surface area contributed by atoms with E-state index in [1.54, 1.807) is 0 Å². The Kier molecular flexibility index (Phi) is 7.86. The standard InChI is InChI=1S/C27H36FN3O3/c1-17-3-8-22-23(26(17)32)15-24(34-25(22)16-29)19-10-13-31(14-11-19)12-9-18(2)30-27(33)20-4-6-21(28)7-5-20/h3-8,18-19,24-25,32H,9-16,29H2,1-2H3,(H,30,33)/t18?,24-,25-/m0/s1. The Morgan fingerprint density at radius 1 is 1.24 bits per heavy atom. The molecule has 1 unspecified atom stereocenters. The first kappa shape index (κ1) is 24.6. The van der Waals surface area contributed by atoms with Crippen molar-refractivity contribution in [3.8, 4) is 5.75 Å². The summed E-state index contributed by atoms with van der Waals surface area (Å²) in [5.74, 6) is 0.308. The maximum atomic E-state index is 13.1. The van der Waals surface area contributed by atoms with E-state index in [1.165, 1.54) is 24.3 Å². The molecule has 1 saturated heterocycles. The molecule has 2 aromatic rings. The number of benzene rings is 2. The molecule has 0 saturated carbocycles. The Balaban J connectivity index is 1.25. The van der Waals surface area contributed by atoms with Gasteiger partial charge in [0.1, 0.15) is 11.6 Å². The van der Waals surface area contributed by atoms with Gasteiger partial charge in [0.05, 0.1) is 12.2 Å². The quantitative estimate of drug-likeness (QED) is 0.576. The van der Waals surface area contributed by atoms with Gasteiger partial charge in [-0.15, -0.1) is 0 Å². The van der Waals surface area contributed by atoms with Crippen LogP contribution in [0, 0.1) is 18.7 Å². The third-order valence-corrected chi connectivity index (χ3v) is 7.35. The first-order valence-corrected chi connectivity index (χ1v) is 12.3. The summed E-state index contributed by atoms with van der Waals surface area (Å²) >= 11 is 0. The molecule has 0 bridgehead atoms. The molecule has 0 spiro atoms. The molecule has 0 aromatic heterocycles. The highest BCUT2D eigenvalue weighted by molar-refractivity contribution is 5.94. The number of phenolic OH excluding ortho intramolecular Hbond substituents is 1. The second-order valence-electron chi connectivity index (χ2n) is 9.75. The molecule has 34 heavy (non-hydrogen) atoms. The Labute approximate surface area is 201 Å². The number of aromatic hydroxyl groups is 1. The maximum Gasteiger partial charge on any atom is 0.251 e. The minimum atomic E-state index is -0.346. The zero-order valence-corrected chi connectivity index (χ0v) is 20.1. The van der Waals surface area contributed by atoms with E-state index in [9.17, 15) is 14.3 Å². The molecule has 1 fully saturated rings. The fourth-order valence-corrected chi connectivity index (χ4v) is 5.18. The van der Waals surface area contributed by atoms with Gasteiger partial charge < -0.3 is 25.8 Å². The lowest BCUT2D eigenvalue weighted by Gasteiger charge is -2.40. The summed E-state index contributed by atoms with van der Waals surface area (Å²) in [6.07, 6.45) is 3.58. The predicted molar refractivity (Wildman–Crippen MR) is 130 cm³/mol. The maximum absolute atomic E-state index is 13.1.